The minimum absolute atomic E-state index is 0.0407. The topological polar surface area (TPSA) is 133 Å². The molecule has 3 N–H and O–H groups in total. The van der Waals surface area contributed by atoms with Crippen molar-refractivity contribution in [1.82, 2.24) is 9.97 Å². The van der Waals surface area contributed by atoms with E-state index < -0.39 is 4.92 Å². The first-order chi connectivity index (χ1) is 9.45. The molecule has 1 heterocycles. The number of hydrogen-bond acceptors (Lipinski definition) is 8. The maximum absolute atomic E-state index is 11.1. The molecule has 1 rings (SSSR count). The predicted octanol–water partition coefficient (Wildman–Crippen LogP) is 1.03. The van der Waals surface area contributed by atoms with E-state index in [2.05, 4.69) is 15.3 Å². The summed E-state index contributed by atoms with van der Waals surface area (Å²) < 4.78 is 4.77. The second-order valence-electron chi connectivity index (χ2n) is 3.96. The summed E-state index contributed by atoms with van der Waals surface area (Å²) in [7, 11) is 0. The highest BCUT2D eigenvalue weighted by molar-refractivity contribution is 5.69. The Labute approximate surface area is 115 Å². The molecule has 0 amide bonds. The highest BCUT2D eigenvalue weighted by Crippen LogP contribution is 2.25. The standard InChI is InChI=1S/C11H17N5O4/c1-3-20-8(17)5-4-6-13-10-9(16(18)19)7(2)14-11(12)15-10/h3-6H2,1-2H3,(H3,12,13,14,15). The van der Waals surface area contributed by atoms with Gasteiger partial charge in [-0.15, -0.1) is 0 Å². The quantitative estimate of drug-likeness (QED) is 0.328. The van der Waals surface area contributed by atoms with Crippen LogP contribution in [0.15, 0.2) is 0 Å². The molecule has 0 fully saturated rings. The van der Waals surface area contributed by atoms with Crippen LogP contribution >= 0.6 is 0 Å². The SMILES string of the molecule is CCOC(=O)CCCNc1nc(N)nc(C)c1[N+](=O)[O-]. The van der Waals surface area contributed by atoms with Gasteiger partial charge in [-0.05, 0) is 20.3 Å². The van der Waals surface area contributed by atoms with Crippen molar-refractivity contribution in [1.29, 1.82) is 0 Å². The zero-order valence-corrected chi connectivity index (χ0v) is 11.4. The average Bonchev–Trinajstić information content (AvgIpc) is 2.33. The summed E-state index contributed by atoms with van der Waals surface area (Å²) >= 11 is 0. The molecule has 0 aromatic carbocycles. The summed E-state index contributed by atoms with van der Waals surface area (Å²) in [5, 5.41) is 13.7. The summed E-state index contributed by atoms with van der Waals surface area (Å²) in [4.78, 5) is 29.1. The molecule has 0 spiro atoms. The number of aromatic nitrogens is 2. The van der Waals surface area contributed by atoms with Crippen LogP contribution in [0.5, 0.6) is 0 Å². The first kappa shape index (κ1) is 15.6. The van der Waals surface area contributed by atoms with Crippen molar-refractivity contribution >= 4 is 23.4 Å². The van der Waals surface area contributed by atoms with Crippen molar-refractivity contribution in [3.8, 4) is 0 Å². The zero-order chi connectivity index (χ0) is 15.1. The Bertz CT molecular complexity index is 506. The number of nitrogens with two attached hydrogens (primary N) is 1. The number of hydrogen-bond donors (Lipinski definition) is 2. The monoisotopic (exact) mass is 283 g/mol. The number of esters is 1. The number of nitro groups is 1. The van der Waals surface area contributed by atoms with Crippen LogP contribution in [-0.4, -0.2) is 34.0 Å². The Hall–Kier alpha value is -2.45. The molecule has 110 valence electrons. The van der Waals surface area contributed by atoms with Crippen LogP contribution in [-0.2, 0) is 9.53 Å². The van der Waals surface area contributed by atoms with Gasteiger partial charge >= 0.3 is 11.7 Å². The molecular formula is C11H17N5O4. The van der Waals surface area contributed by atoms with Crippen LogP contribution in [0.2, 0.25) is 0 Å². The van der Waals surface area contributed by atoms with E-state index in [-0.39, 0.29) is 35.5 Å². The molecule has 1 aromatic rings. The minimum Gasteiger partial charge on any atom is -0.466 e. The van der Waals surface area contributed by atoms with Crippen LogP contribution in [0.25, 0.3) is 0 Å². The highest BCUT2D eigenvalue weighted by Gasteiger charge is 2.21. The molecule has 9 heteroatoms. The molecular weight excluding hydrogens is 266 g/mol. The maximum Gasteiger partial charge on any atom is 0.332 e. The molecule has 0 bridgehead atoms. The smallest absolute Gasteiger partial charge is 0.332 e. The predicted molar refractivity (Wildman–Crippen MR) is 72.2 cm³/mol. The molecule has 0 aliphatic rings. The van der Waals surface area contributed by atoms with Gasteiger partial charge in [0.1, 0.15) is 5.69 Å². The lowest BCUT2D eigenvalue weighted by molar-refractivity contribution is -0.385. The van der Waals surface area contributed by atoms with E-state index in [9.17, 15) is 14.9 Å². The molecule has 0 radical (unpaired) electrons. The largest absolute Gasteiger partial charge is 0.466 e. The van der Waals surface area contributed by atoms with E-state index in [1.165, 1.54) is 6.92 Å². The normalized spacial score (nSPS) is 10.1. The van der Waals surface area contributed by atoms with E-state index in [0.717, 1.165) is 0 Å². The zero-order valence-electron chi connectivity index (χ0n) is 11.4. The molecule has 0 saturated carbocycles. The Morgan fingerprint density at radius 1 is 1.50 bits per heavy atom. The van der Waals surface area contributed by atoms with Crippen molar-refractivity contribution < 1.29 is 14.5 Å². The third-order valence-electron chi connectivity index (χ3n) is 2.41. The van der Waals surface area contributed by atoms with E-state index in [1.807, 2.05) is 0 Å². The van der Waals surface area contributed by atoms with Gasteiger partial charge in [-0.2, -0.15) is 4.98 Å². The van der Waals surface area contributed by atoms with Crippen molar-refractivity contribution in [2.75, 3.05) is 24.2 Å². The lowest BCUT2D eigenvalue weighted by Crippen LogP contribution is -2.12. The van der Waals surface area contributed by atoms with Gasteiger partial charge in [0, 0.05) is 13.0 Å². The number of nitrogen functional groups attached to an aromatic ring is 1. The van der Waals surface area contributed by atoms with Gasteiger partial charge in [0.25, 0.3) is 0 Å². The number of anilines is 2. The summed E-state index contributed by atoms with van der Waals surface area (Å²) in [5.41, 5.74) is 5.44. The minimum atomic E-state index is -0.567. The van der Waals surface area contributed by atoms with Gasteiger partial charge in [0.05, 0.1) is 11.5 Å². The highest BCUT2D eigenvalue weighted by atomic mass is 16.6. The maximum atomic E-state index is 11.1. The fourth-order valence-corrected chi connectivity index (χ4v) is 1.60. The third-order valence-corrected chi connectivity index (χ3v) is 2.41. The van der Waals surface area contributed by atoms with Gasteiger partial charge in [-0.1, -0.05) is 0 Å². The van der Waals surface area contributed by atoms with Gasteiger partial charge < -0.3 is 15.8 Å². The van der Waals surface area contributed by atoms with Crippen molar-refractivity contribution in [3.63, 3.8) is 0 Å². The second kappa shape index (κ2) is 7.22. The van der Waals surface area contributed by atoms with Crippen LogP contribution < -0.4 is 11.1 Å². The lowest BCUT2D eigenvalue weighted by Gasteiger charge is -2.08. The first-order valence-corrected chi connectivity index (χ1v) is 6.13. The second-order valence-corrected chi connectivity index (χ2v) is 3.96. The van der Waals surface area contributed by atoms with Crippen LogP contribution in [0, 0.1) is 17.0 Å². The number of aryl methyl sites for hydroxylation is 1. The van der Waals surface area contributed by atoms with E-state index >= 15 is 0 Å². The third kappa shape index (κ3) is 4.34. The van der Waals surface area contributed by atoms with Crippen LogP contribution in [0.3, 0.4) is 0 Å². The Kier molecular flexibility index (Phi) is 5.63. The molecule has 0 atom stereocenters. The molecule has 0 unspecified atom stereocenters. The fourth-order valence-electron chi connectivity index (χ4n) is 1.60. The van der Waals surface area contributed by atoms with Crippen molar-refractivity contribution in [3.05, 3.63) is 15.8 Å². The van der Waals surface area contributed by atoms with Gasteiger partial charge in [-0.25, -0.2) is 4.98 Å². The molecule has 0 saturated heterocycles. The molecule has 20 heavy (non-hydrogen) atoms. The number of carbonyl (C=O) groups excluding carboxylic acids is 1. The molecule has 9 nitrogen and oxygen atoms in total. The first-order valence-electron chi connectivity index (χ1n) is 6.13. The van der Waals surface area contributed by atoms with Gasteiger partial charge in [0.15, 0.2) is 0 Å². The Morgan fingerprint density at radius 2 is 2.20 bits per heavy atom. The van der Waals surface area contributed by atoms with E-state index in [4.69, 9.17) is 10.5 Å². The molecule has 1 aromatic heterocycles. The van der Waals surface area contributed by atoms with Crippen molar-refractivity contribution in [2.24, 2.45) is 0 Å². The summed E-state index contributed by atoms with van der Waals surface area (Å²) in [6.45, 7) is 3.89. The molecule has 0 aliphatic heterocycles. The van der Waals surface area contributed by atoms with E-state index in [1.54, 1.807) is 6.92 Å². The number of nitrogens with one attached hydrogen (secondary N) is 1. The lowest BCUT2D eigenvalue weighted by atomic mass is 10.3. The molecule has 0 aliphatic carbocycles. The Morgan fingerprint density at radius 3 is 2.80 bits per heavy atom. The fraction of sp³-hybridized carbons (Fsp3) is 0.545. The number of nitrogens with zero attached hydrogens (tertiary/aromatic N) is 3. The van der Waals surface area contributed by atoms with Gasteiger partial charge in [0.2, 0.25) is 11.8 Å². The van der Waals surface area contributed by atoms with Crippen LogP contribution in [0.4, 0.5) is 17.5 Å². The number of ether oxygens (including phenoxy) is 1. The Balaban J connectivity index is 2.64. The number of carbonyl (C=O) groups is 1. The number of rotatable bonds is 7. The van der Waals surface area contributed by atoms with Gasteiger partial charge in [-0.3, -0.25) is 14.9 Å². The van der Waals surface area contributed by atoms with E-state index in [0.29, 0.717) is 19.6 Å². The van der Waals surface area contributed by atoms with Crippen LogP contribution in [0.1, 0.15) is 25.5 Å². The summed E-state index contributed by atoms with van der Waals surface area (Å²) in [6, 6.07) is 0. The summed E-state index contributed by atoms with van der Waals surface area (Å²) in [5.74, 6) is -0.285. The van der Waals surface area contributed by atoms with Crippen molar-refractivity contribution in [2.45, 2.75) is 26.7 Å². The average molecular weight is 283 g/mol. The summed E-state index contributed by atoms with van der Waals surface area (Å²) in [6.07, 6.45) is 0.702.